The highest BCUT2D eigenvalue weighted by Gasteiger charge is 2.12. The lowest BCUT2D eigenvalue weighted by atomic mass is 10.1. The molecule has 0 spiro atoms. The monoisotopic (exact) mass is 386 g/mol. The molecule has 0 atom stereocenters. The molecular weight excluding hydrogens is 368 g/mol. The smallest absolute Gasteiger partial charge is 0.312 e. The van der Waals surface area contributed by atoms with Crippen molar-refractivity contribution in [2.45, 2.75) is 20.4 Å². The Morgan fingerprint density at radius 3 is 2.54 bits per heavy atom. The molecule has 3 aromatic rings. The van der Waals surface area contributed by atoms with E-state index in [4.69, 9.17) is 5.73 Å². The first-order valence-electron chi connectivity index (χ1n) is 7.89. The molecule has 0 fully saturated rings. The average molecular weight is 387 g/mol. The number of urea groups is 1. The van der Waals surface area contributed by atoms with Crippen LogP contribution in [0.15, 0.2) is 35.7 Å². The van der Waals surface area contributed by atoms with Gasteiger partial charge in [0, 0.05) is 32.8 Å². The SMILES string of the molecule is Cc1cc(-c2csc(NC(=O)c3ccc(CNC(N)=O)cc3)n2)c(C)s1. The van der Waals surface area contributed by atoms with Crippen LogP contribution in [0.2, 0.25) is 0 Å². The van der Waals surface area contributed by atoms with Gasteiger partial charge in [-0.05, 0) is 37.6 Å². The van der Waals surface area contributed by atoms with E-state index in [1.54, 1.807) is 35.6 Å². The molecule has 2 heterocycles. The minimum Gasteiger partial charge on any atom is -0.352 e. The zero-order valence-corrected chi connectivity index (χ0v) is 16.0. The molecule has 0 bridgehead atoms. The number of aryl methyl sites for hydroxylation is 2. The third kappa shape index (κ3) is 4.27. The summed E-state index contributed by atoms with van der Waals surface area (Å²) in [4.78, 5) is 30.1. The highest BCUT2D eigenvalue weighted by atomic mass is 32.1. The maximum Gasteiger partial charge on any atom is 0.312 e. The van der Waals surface area contributed by atoms with Gasteiger partial charge in [0.15, 0.2) is 5.13 Å². The average Bonchev–Trinajstić information content (AvgIpc) is 3.19. The van der Waals surface area contributed by atoms with Gasteiger partial charge < -0.3 is 11.1 Å². The molecule has 0 aliphatic rings. The Morgan fingerprint density at radius 1 is 1.19 bits per heavy atom. The lowest BCUT2D eigenvalue weighted by Crippen LogP contribution is -2.28. The zero-order chi connectivity index (χ0) is 18.7. The predicted octanol–water partition coefficient (Wildman–Crippen LogP) is 3.91. The van der Waals surface area contributed by atoms with Crippen molar-refractivity contribution in [3.63, 3.8) is 0 Å². The number of carbonyl (C=O) groups excluding carboxylic acids is 2. The van der Waals surface area contributed by atoms with Crippen LogP contribution in [0.5, 0.6) is 0 Å². The summed E-state index contributed by atoms with van der Waals surface area (Å²) in [6.45, 7) is 4.46. The topological polar surface area (TPSA) is 97.1 Å². The number of aromatic nitrogens is 1. The number of carbonyl (C=O) groups is 2. The highest BCUT2D eigenvalue weighted by molar-refractivity contribution is 7.14. The molecular formula is C18H18N4O2S2. The fourth-order valence-corrected chi connectivity index (χ4v) is 4.11. The quantitative estimate of drug-likeness (QED) is 0.620. The van der Waals surface area contributed by atoms with E-state index in [2.05, 4.69) is 35.5 Å². The fourth-order valence-electron chi connectivity index (χ4n) is 2.47. The first-order chi connectivity index (χ1) is 12.4. The van der Waals surface area contributed by atoms with Gasteiger partial charge in [0.1, 0.15) is 0 Å². The summed E-state index contributed by atoms with van der Waals surface area (Å²) in [6.07, 6.45) is 0. The van der Waals surface area contributed by atoms with Crippen molar-refractivity contribution in [2.24, 2.45) is 5.73 Å². The van der Waals surface area contributed by atoms with Crippen molar-refractivity contribution in [3.05, 3.63) is 56.6 Å². The number of nitrogens with two attached hydrogens (primary N) is 1. The molecule has 0 saturated carbocycles. The summed E-state index contributed by atoms with van der Waals surface area (Å²) < 4.78 is 0. The van der Waals surface area contributed by atoms with Crippen molar-refractivity contribution >= 4 is 39.7 Å². The molecule has 8 heteroatoms. The van der Waals surface area contributed by atoms with Crippen molar-refractivity contribution in [1.82, 2.24) is 10.3 Å². The van der Waals surface area contributed by atoms with Gasteiger partial charge in [0.05, 0.1) is 5.69 Å². The van der Waals surface area contributed by atoms with Gasteiger partial charge in [-0.2, -0.15) is 0 Å². The number of nitrogens with one attached hydrogen (secondary N) is 2. The van der Waals surface area contributed by atoms with Crippen molar-refractivity contribution in [3.8, 4) is 11.3 Å². The van der Waals surface area contributed by atoms with E-state index >= 15 is 0 Å². The Morgan fingerprint density at radius 2 is 1.92 bits per heavy atom. The van der Waals surface area contributed by atoms with Crippen LogP contribution >= 0.6 is 22.7 Å². The molecule has 0 aliphatic carbocycles. The van der Waals surface area contributed by atoms with Gasteiger partial charge in [0.2, 0.25) is 0 Å². The largest absolute Gasteiger partial charge is 0.352 e. The van der Waals surface area contributed by atoms with E-state index in [0.717, 1.165) is 16.8 Å². The second-order valence-corrected chi connectivity index (χ2v) is 8.05. The van der Waals surface area contributed by atoms with Crippen LogP contribution in [0, 0.1) is 13.8 Å². The lowest BCUT2D eigenvalue weighted by molar-refractivity contribution is 0.102. The molecule has 3 rings (SSSR count). The van der Waals surface area contributed by atoms with Gasteiger partial charge in [-0.1, -0.05) is 12.1 Å². The molecule has 6 nitrogen and oxygen atoms in total. The van der Waals surface area contributed by atoms with Crippen LogP contribution in [0.4, 0.5) is 9.93 Å². The number of amides is 3. The third-order valence-corrected chi connectivity index (χ3v) is 5.45. The van der Waals surface area contributed by atoms with E-state index in [-0.39, 0.29) is 5.91 Å². The van der Waals surface area contributed by atoms with Gasteiger partial charge >= 0.3 is 6.03 Å². The molecule has 0 radical (unpaired) electrons. The van der Waals surface area contributed by atoms with Gasteiger partial charge in [-0.15, -0.1) is 22.7 Å². The second-order valence-electron chi connectivity index (χ2n) is 5.73. The number of benzene rings is 1. The van der Waals surface area contributed by atoms with Crippen molar-refractivity contribution < 1.29 is 9.59 Å². The van der Waals surface area contributed by atoms with Crippen LogP contribution in [0.25, 0.3) is 11.3 Å². The van der Waals surface area contributed by atoms with E-state index in [9.17, 15) is 9.59 Å². The fraction of sp³-hybridized carbons (Fsp3) is 0.167. The molecule has 134 valence electrons. The number of thiophene rings is 1. The predicted molar refractivity (Wildman–Crippen MR) is 106 cm³/mol. The van der Waals surface area contributed by atoms with E-state index in [0.29, 0.717) is 17.2 Å². The minimum atomic E-state index is -0.581. The summed E-state index contributed by atoms with van der Waals surface area (Å²) in [5.41, 5.74) is 8.40. The Bertz CT molecular complexity index is 945. The maximum absolute atomic E-state index is 12.4. The number of anilines is 1. The summed E-state index contributed by atoms with van der Waals surface area (Å²) >= 11 is 3.13. The molecule has 1 aromatic carbocycles. The van der Waals surface area contributed by atoms with Crippen LogP contribution in [-0.4, -0.2) is 16.9 Å². The number of primary amides is 1. The summed E-state index contributed by atoms with van der Waals surface area (Å²) in [5.74, 6) is -0.224. The standard InChI is InChI=1S/C18H18N4O2S2/c1-10-7-14(11(2)26-10)15-9-25-18(21-15)22-16(23)13-5-3-12(4-6-13)8-20-17(19)24/h3-7,9H,8H2,1-2H3,(H3,19,20,24)(H,21,22,23). The van der Waals surface area contributed by atoms with Crippen LogP contribution < -0.4 is 16.4 Å². The van der Waals surface area contributed by atoms with Crippen molar-refractivity contribution in [1.29, 1.82) is 0 Å². The summed E-state index contributed by atoms with van der Waals surface area (Å²) in [7, 11) is 0. The maximum atomic E-state index is 12.4. The van der Waals surface area contributed by atoms with Crippen molar-refractivity contribution in [2.75, 3.05) is 5.32 Å². The lowest BCUT2D eigenvalue weighted by Gasteiger charge is -2.05. The van der Waals surface area contributed by atoms with E-state index in [1.807, 2.05) is 5.38 Å². The molecule has 2 aromatic heterocycles. The number of hydrogen-bond donors (Lipinski definition) is 3. The third-order valence-electron chi connectivity index (χ3n) is 3.72. The molecule has 26 heavy (non-hydrogen) atoms. The number of nitrogens with zero attached hydrogens (tertiary/aromatic N) is 1. The van der Waals surface area contributed by atoms with E-state index in [1.165, 1.54) is 21.1 Å². The Labute approximate surface area is 159 Å². The molecule has 0 unspecified atom stereocenters. The van der Waals surface area contributed by atoms with Gasteiger partial charge in [-0.25, -0.2) is 9.78 Å². The number of thiazole rings is 1. The zero-order valence-electron chi connectivity index (χ0n) is 14.3. The molecule has 3 amide bonds. The minimum absolute atomic E-state index is 0.224. The molecule has 4 N–H and O–H groups in total. The van der Waals surface area contributed by atoms with Crippen LogP contribution in [-0.2, 0) is 6.54 Å². The molecule has 0 saturated heterocycles. The Hall–Kier alpha value is -2.71. The first kappa shape index (κ1) is 18.1. The first-order valence-corrected chi connectivity index (χ1v) is 9.58. The number of hydrogen-bond acceptors (Lipinski definition) is 5. The second kappa shape index (κ2) is 7.67. The van der Waals surface area contributed by atoms with Crippen LogP contribution in [0.3, 0.4) is 0 Å². The Balaban J connectivity index is 1.66. The number of rotatable bonds is 5. The summed E-state index contributed by atoms with van der Waals surface area (Å²) in [5, 5.41) is 7.84. The summed E-state index contributed by atoms with van der Waals surface area (Å²) in [6, 6.07) is 8.48. The Kier molecular flexibility index (Phi) is 5.34. The van der Waals surface area contributed by atoms with E-state index < -0.39 is 6.03 Å². The van der Waals surface area contributed by atoms with Gasteiger partial charge in [0.25, 0.3) is 5.91 Å². The van der Waals surface area contributed by atoms with Gasteiger partial charge in [-0.3, -0.25) is 10.1 Å². The highest BCUT2D eigenvalue weighted by Crippen LogP contribution is 2.32. The molecule has 0 aliphatic heterocycles. The van der Waals surface area contributed by atoms with Crippen LogP contribution in [0.1, 0.15) is 25.7 Å². The normalized spacial score (nSPS) is 10.5.